The molecule has 0 unspecified atom stereocenters. The second-order valence-corrected chi connectivity index (χ2v) is 6.44. The molecule has 0 fully saturated rings. The lowest BCUT2D eigenvalue weighted by Crippen LogP contribution is -2.30. The van der Waals surface area contributed by atoms with Gasteiger partial charge in [-0.2, -0.15) is 18.3 Å². The fraction of sp³-hybridized carbons (Fsp3) is 0.312. The van der Waals surface area contributed by atoms with E-state index in [1.807, 2.05) is 0 Å². The summed E-state index contributed by atoms with van der Waals surface area (Å²) in [5.74, 6) is -0.0101. The number of amides is 1. The summed E-state index contributed by atoms with van der Waals surface area (Å²) in [4.78, 5) is 17.8. The Bertz CT molecular complexity index is 765. The van der Waals surface area contributed by atoms with Crippen LogP contribution in [0.25, 0.3) is 5.69 Å². The number of carbonyl (C=O) groups excluding carboxylic acids is 1. The number of pyridine rings is 1. The summed E-state index contributed by atoms with van der Waals surface area (Å²) in [5, 5.41) is 5.28. The Morgan fingerprint density at radius 3 is 2.85 bits per heavy atom. The molecule has 0 N–H and O–H groups in total. The van der Waals surface area contributed by atoms with Crippen molar-refractivity contribution in [3.8, 4) is 5.69 Å². The summed E-state index contributed by atoms with van der Waals surface area (Å²) in [6, 6.07) is 3.54. The minimum atomic E-state index is -4.35. The molecule has 5 nitrogen and oxygen atoms in total. The first-order valence-corrected chi connectivity index (χ1v) is 9.06. The van der Waals surface area contributed by atoms with Gasteiger partial charge >= 0.3 is 6.18 Å². The Kier molecular flexibility index (Phi) is 7.10. The Morgan fingerprint density at radius 2 is 2.23 bits per heavy atom. The number of anilines is 1. The Morgan fingerprint density at radius 1 is 1.46 bits per heavy atom. The zero-order valence-electron chi connectivity index (χ0n) is 13.8. The number of rotatable bonds is 7. The second kappa shape index (κ2) is 9.09. The van der Waals surface area contributed by atoms with Crippen molar-refractivity contribution >= 4 is 35.0 Å². The highest BCUT2D eigenvalue weighted by Crippen LogP contribution is 2.27. The molecule has 2 rings (SSSR count). The molecule has 0 saturated carbocycles. The first-order chi connectivity index (χ1) is 12.3. The van der Waals surface area contributed by atoms with E-state index in [9.17, 15) is 18.0 Å². The molecule has 0 radical (unpaired) electrons. The standard InChI is InChI=1S/C16H16ClF3N4OS/c1-2-23(14(25)5-8-26-9-6-16(18,19)20)13-11-24(22-15(13)17)12-4-3-7-21-10-12/h3-4,6-7,9-11H,2,5,8H2,1H3. The van der Waals surface area contributed by atoms with Crippen molar-refractivity contribution in [1.29, 1.82) is 0 Å². The number of thioether (sulfide) groups is 1. The predicted octanol–water partition coefficient (Wildman–Crippen LogP) is 4.47. The van der Waals surface area contributed by atoms with Crippen molar-refractivity contribution in [2.75, 3.05) is 17.2 Å². The van der Waals surface area contributed by atoms with Crippen molar-refractivity contribution < 1.29 is 18.0 Å². The molecule has 1 amide bonds. The molecule has 0 atom stereocenters. The molecule has 0 aliphatic heterocycles. The number of nitrogens with zero attached hydrogens (tertiary/aromatic N) is 4. The number of allylic oxidation sites excluding steroid dienone is 1. The van der Waals surface area contributed by atoms with E-state index in [1.165, 1.54) is 9.58 Å². The van der Waals surface area contributed by atoms with Crippen LogP contribution in [0.3, 0.4) is 0 Å². The SMILES string of the molecule is CCN(C(=O)CCSC=CC(F)(F)F)c1cn(-c2cccnc2)nc1Cl. The molecule has 0 spiro atoms. The number of hydrogen-bond donors (Lipinski definition) is 0. The van der Waals surface area contributed by atoms with Gasteiger partial charge in [0.15, 0.2) is 5.15 Å². The van der Waals surface area contributed by atoms with Crippen LogP contribution >= 0.6 is 23.4 Å². The van der Waals surface area contributed by atoms with Crippen molar-refractivity contribution in [2.45, 2.75) is 19.5 Å². The van der Waals surface area contributed by atoms with E-state index in [0.717, 1.165) is 17.2 Å². The molecule has 140 valence electrons. The topological polar surface area (TPSA) is 51.0 Å². The van der Waals surface area contributed by atoms with Gasteiger partial charge in [-0.05, 0) is 24.5 Å². The zero-order chi connectivity index (χ0) is 19.2. The van der Waals surface area contributed by atoms with Gasteiger partial charge in [-0.25, -0.2) is 4.68 Å². The maximum absolute atomic E-state index is 12.4. The first kappa shape index (κ1) is 20.3. The average molecular weight is 405 g/mol. The van der Waals surface area contributed by atoms with Crippen LogP contribution in [0, 0.1) is 0 Å². The number of hydrogen-bond acceptors (Lipinski definition) is 4. The largest absolute Gasteiger partial charge is 0.410 e. The number of aromatic nitrogens is 3. The number of carbonyl (C=O) groups is 1. The summed E-state index contributed by atoms with van der Waals surface area (Å²) in [6.45, 7) is 2.15. The van der Waals surface area contributed by atoms with Gasteiger partial charge in [-0.3, -0.25) is 9.78 Å². The van der Waals surface area contributed by atoms with E-state index < -0.39 is 6.18 Å². The minimum absolute atomic E-state index is 0.0785. The fourth-order valence-corrected chi connectivity index (χ4v) is 3.01. The molecule has 0 aliphatic carbocycles. The molecular weight excluding hydrogens is 389 g/mol. The molecular formula is C16H16ClF3N4OS. The first-order valence-electron chi connectivity index (χ1n) is 7.64. The smallest absolute Gasteiger partial charge is 0.308 e. The highest BCUT2D eigenvalue weighted by molar-refractivity contribution is 8.02. The highest BCUT2D eigenvalue weighted by atomic mass is 35.5. The fourth-order valence-electron chi connectivity index (χ4n) is 2.10. The van der Waals surface area contributed by atoms with Gasteiger partial charge in [-0.15, -0.1) is 11.8 Å². The van der Waals surface area contributed by atoms with Crippen molar-refractivity contribution in [1.82, 2.24) is 14.8 Å². The molecule has 2 heterocycles. The second-order valence-electron chi connectivity index (χ2n) is 5.06. The minimum Gasteiger partial charge on any atom is -0.308 e. The van der Waals surface area contributed by atoms with Crippen LogP contribution in [0.5, 0.6) is 0 Å². The molecule has 10 heteroatoms. The Labute approximate surface area is 157 Å². The van der Waals surface area contributed by atoms with Gasteiger partial charge in [0.25, 0.3) is 0 Å². The van der Waals surface area contributed by atoms with Gasteiger partial charge in [0.05, 0.1) is 18.1 Å². The van der Waals surface area contributed by atoms with E-state index in [2.05, 4.69) is 10.1 Å². The van der Waals surface area contributed by atoms with Crippen LogP contribution < -0.4 is 4.90 Å². The zero-order valence-corrected chi connectivity index (χ0v) is 15.4. The third kappa shape index (κ3) is 5.77. The van der Waals surface area contributed by atoms with E-state index >= 15 is 0 Å². The van der Waals surface area contributed by atoms with Crippen molar-refractivity contribution in [3.63, 3.8) is 0 Å². The molecule has 26 heavy (non-hydrogen) atoms. The lowest BCUT2D eigenvalue weighted by Gasteiger charge is -2.19. The molecule has 0 bridgehead atoms. The van der Waals surface area contributed by atoms with E-state index in [1.54, 1.807) is 37.6 Å². The third-order valence-electron chi connectivity index (χ3n) is 3.26. The Hall–Kier alpha value is -2.00. The number of halogens is 4. The van der Waals surface area contributed by atoms with E-state index in [0.29, 0.717) is 17.9 Å². The molecule has 0 aliphatic rings. The van der Waals surface area contributed by atoms with Crippen LogP contribution in [-0.4, -0.2) is 39.1 Å². The summed E-state index contributed by atoms with van der Waals surface area (Å²) in [5.41, 5.74) is 1.14. The molecule has 2 aromatic rings. The normalized spacial score (nSPS) is 11.9. The summed E-state index contributed by atoms with van der Waals surface area (Å²) >= 11 is 7.09. The van der Waals surface area contributed by atoms with Crippen LogP contribution in [-0.2, 0) is 4.79 Å². The Balaban J connectivity index is 2.03. The maximum atomic E-state index is 12.4. The van der Waals surface area contributed by atoms with Gasteiger partial charge in [-0.1, -0.05) is 11.6 Å². The highest BCUT2D eigenvalue weighted by Gasteiger charge is 2.22. The summed E-state index contributed by atoms with van der Waals surface area (Å²) < 4.78 is 37.6. The van der Waals surface area contributed by atoms with Crippen LogP contribution in [0.4, 0.5) is 18.9 Å². The van der Waals surface area contributed by atoms with Crippen LogP contribution in [0.2, 0.25) is 5.15 Å². The number of alkyl halides is 3. The maximum Gasteiger partial charge on any atom is 0.410 e. The van der Waals surface area contributed by atoms with Gasteiger partial charge in [0, 0.05) is 31.0 Å². The molecule has 0 aromatic carbocycles. The molecule has 0 saturated heterocycles. The van der Waals surface area contributed by atoms with Crippen LogP contribution in [0.1, 0.15) is 13.3 Å². The average Bonchev–Trinajstić information content (AvgIpc) is 2.97. The summed E-state index contributed by atoms with van der Waals surface area (Å²) in [7, 11) is 0. The third-order valence-corrected chi connectivity index (χ3v) is 4.29. The van der Waals surface area contributed by atoms with Crippen LogP contribution in [0.15, 0.2) is 42.2 Å². The van der Waals surface area contributed by atoms with Gasteiger partial charge in [0.1, 0.15) is 5.69 Å². The van der Waals surface area contributed by atoms with Crippen molar-refractivity contribution in [3.05, 3.63) is 47.4 Å². The van der Waals surface area contributed by atoms with Gasteiger partial charge < -0.3 is 4.90 Å². The van der Waals surface area contributed by atoms with E-state index in [-0.39, 0.29) is 29.3 Å². The quantitative estimate of drug-likeness (QED) is 0.639. The summed E-state index contributed by atoms with van der Waals surface area (Å²) in [6.07, 6.45) is 0.735. The van der Waals surface area contributed by atoms with Crippen molar-refractivity contribution in [2.24, 2.45) is 0 Å². The lowest BCUT2D eigenvalue weighted by molar-refractivity contribution is -0.118. The predicted molar refractivity (Wildman–Crippen MR) is 96.7 cm³/mol. The van der Waals surface area contributed by atoms with Gasteiger partial charge in [0.2, 0.25) is 5.91 Å². The monoisotopic (exact) mass is 404 g/mol. The lowest BCUT2D eigenvalue weighted by atomic mass is 10.3. The van der Waals surface area contributed by atoms with E-state index in [4.69, 9.17) is 11.6 Å². The molecule has 2 aromatic heterocycles.